The number of aromatic nitrogens is 1. The van der Waals surface area contributed by atoms with Crippen LogP contribution in [0.4, 0.5) is 4.79 Å². The van der Waals surface area contributed by atoms with Crippen LogP contribution >= 0.6 is 0 Å². The number of allylic oxidation sites excluding steroid dienone is 2. The molecule has 2 rings (SSSR count). The molecule has 0 unspecified atom stereocenters. The Balaban J connectivity index is 1.64. The van der Waals surface area contributed by atoms with Crippen LogP contribution in [-0.4, -0.2) is 17.6 Å². The monoisotopic (exact) mass is 245 g/mol. The molecular weight excluding hydrogens is 226 g/mol. The van der Waals surface area contributed by atoms with Crippen molar-refractivity contribution < 1.29 is 4.79 Å². The second-order valence-electron chi connectivity index (χ2n) is 4.57. The molecule has 2 amide bonds. The molecule has 18 heavy (non-hydrogen) atoms. The second kappa shape index (κ2) is 6.79. The van der Waals surface area contributed by atoms with Crippen molar-refractivity contribution in [2.75, 3.05) is 6.54 Å². The molecule has 1 aliphatic carbocycles. The number of amides is 2. The first-order valence-corrected chi connectivity index (χ1v) is 6.40. The number of rotatable bonds is 4. The molecular formula is C14H19N3O. The van der Waals surface area contributed by atoms with Crippen LogP contribution in [0.2, 0.25) is 0 Å². The Morgan fingerprint density at radius 3 is 2.83 bits per heavy atom. The van der Waals surface area contributed by atoms with Gasteiger partial charge in [0, 0.05) is 25.5 Å². The molecule has 0 aromatic carbocycles. The van der Waals surface area contributed by atoms with Crippen molar-refractivity contribution in [3.63, 3.8) is 0 Å². The highest BCUT2D eigenvalue weighted by Gasteiger charge is 2.10. The smallest absolute Gasteiger partial charge is 0.315 e. The summed E-state index contributed by atoms with van der Waals surface area (Å²) < 4.78 is 0. The number of nitrogens with one attached hydrogen (secondary N) is 2. The molecule has 4 nitrogen and oxygen atoms in total. The van der Waals surface area contributed by atoms with Gasteiger partial charge < -0.3 is 10.6 Å². The lowest BCUT2D eigenvalue weighted by molar-refractivity contribution is 0.238. The number of nitrogens with zero attached hydrogens (tertiary/aromatic N) is 1. The summed E-state index contributed by atoms with van der Waals surface area (Å²) >= 11 is 0. The van der Waals surface area contributed by atoms with Crippen LogP contribution in [-0.2, 0) is 6.54 Å². The van der Waals surface area contributed by atoms with Gasteiger partial charge in [0.05, 0.1) is 0 Å². The Kier molecular flexibility index (Phi) is 4.76. The maximum Gasteiger partial charge on any atom is 0.315 e. The van der Waals surface area contributed by atoms with Crippen LogP contribution in [0.15, 0.2) is 36.7 Å². The summed E-state index contributed by atoms with van der Waals surface area (Å²) in [6.07, 6.45) is 11.2. The standard InChI is InChI=1S/C14H19N3O/c18-14(16-10-12-4-2-1-3-5-12)17-11-13-6-8-15-9-7-13/h1-2,6-9,12H,3-5,10-11H2,(H2,16,17,18)/t12-/m1/s1. The molecule has 0 aliphatic heterocycles. The summed E-state index contributed by atoms with van der Waals surface area (Å²) in [6.45, 7) is 1.30. The average Bonchev–Trinajstić information content (AvgIpc) is 2.45. The van der Waals surface area contributed by atoms with E-state index in [-0.39, 0.29) is 6.03 Å². The molecule has 2 N–H and O–H groups in total. The van der Waals surface area contributed by atoms with E-state index in [0.29, 0.717) is 12.5 Å². The Bertz CT molecular complexity index is 403. The van der Waals surface area contributed by atoms with E-state index in [1.807, 2.05) is 12.1 Å². The van der Waals surface area contributed by atoms with Crippen LogP contribution in [0.25, 0.3) is 0 Å². The lowest BCUT2D eigenvalue weighted by Gasteiger charge is -2.18. The van der Waals surface area contributed by atoms with Gasteiger partial charge in [0.15, 0.2) is 0 Å². The lowest BCUT2D eigenvalue weighted by atomic mass is 9.94. The van der Waals surface area contributed by atoms with Crippen molar-refractivity contribution in [2.45, 2.75) is 25.8 Å². The van der Waals surface area contributed by atoms with Crippen LogP contribution in [0.3, 0.4) is 0 Å². The number of hydrogen-bond donors (Lipinski definition) is 2. The summed E-state index contributed by atoms with van der Waals surface area (Å²) in [6, 6.07) is 3.69. The minimum Gasteiger partial charge on any atom is -0.338 e. The zero-order valence-electron chi connectivity index (χ0n) is 10.4. The van der Waals surface area contributed by atoms with Crippen molar-refractivity contribution in [1.82, 2.24) is 15.6 Å². The highest BCUT2D eigenvalue weighted by atomic mass is 16.2. The normalized spacial score (nSPS) is 18.3. The van der Waals surface area contributed by atoms with Crippen LogP contribution in [0.5, 0.6) is 0 Å². The Labute approximate surface area is 108 Å². The number of carbonyl (C=O) groups is 1. The van der Waals surface area contributed by atoms with Gasteiger partial charge in [0.2, 0.25) is 0 Å². The van der Waals surface area contributed by atoms with E-state index in [4.69, 9.17) is 0 Å². The molecule has 1 atom stereocenters. The van der Waals surface area contributed by atoms with E-state index in [2.05, 4.69) is 27.8 Å². The zero-order chi connectivity index (χ0) is 12.6. The highest BCUT2D eigenvalue weighted by Crippen LogP contribution is 2.16. The Morgan fingerprint density at radius 1 is 1.28 bits per heavy atom. The second-order valence-corrected chi connectivity index (χ2v) is 4.57. The first kappa shape index (κ1) is 12.6. The average molecular weight is 245 g/mol. The van der Waals surface area contributed by atoms with E-state index in [9.17, 15) is 4.79 Å². The summed E-state index contributed by atoms with van der Waals surface area (Å²) in [5.41, 5.74) is 1.06. The molecule has 0 saturated heterocycles. The zero-order valence-corrected chi connectivity index (χ0v) is 10.4. The topological polar surface area (TPSA) is 54.0 Å². The fourth-order valence-corrected chi connectivity index (χ4v) is 2.02. The van der Waals surface area contributed by atoms with E-state index in [0.717, 1.165) is 24.9 Å². The van der Waals surface area contributed by atoms with Crippen molar-refractivity contribution in [1.29, 1.82) is 0 Å². The maximum absolute atomic E-state index is 11.6. The van der Waals surface area contributed by atoms with Crippen molar-refractivity contribution in [3.8, 4) is 0 Å². The van der Waals surface area contributed by atoms with Gasteiger partial charge in [-0.2, -0.15) is 0 Å². The molecule has 96 valence electrons. The molecule has 0 radical (unpaired) electrons. The molecule has 1 aliphatic rings. The molecule has 4 heteroatoms. The van der Waals surface area contributed by atoms with Crippen molar-refractivity contribution >= 4 is 6.03 Å². The van der Waals surface area contributed by atoms with E-state index in [1.54, 1.807) is 12.4 Å². The summed E-state index contributed by atoms with van der Waals surface area (Å²) in [7, 11) is 0. The third kappa shape index (κ3) is 4.20. The van der Waals surface area contributed by atoms with Gasteiger partial charge in [-0.25, -0.2) is 4.79 Å². The predicted molar refractivity (Wildman–Crippen MR) is 71.0 cm³/mol. The third-order valence-electron chi connectivity index (χ3n) is 3.13. The first-order chi connectivity index (χ1) is 8.84. The predicted octanol–water partition coefficient (Wildman–Crippen LogP) is 2.24. The quantitative estimate of drug-likeness (QED) is 0.799. The van der Waals surface area contributed by atoms with Gasteiger partial charge in [-0.15, -0.1) is 0 Å². The minimum atomic E-state index is -0.0960. The third-order valence-corrected chi connectivity index (χ3v) is 3.13. The Hall–Kier alpha value is -1.84. The maximum atomic E-state index is 11.6. The van der Waals surface area contributed by atoms with Crippen LogP contribution < -0.4 is 10.6 Å². The fraction of sp³-hybridized carbons (Fsp3) is 0.429. The number of hydrogen-bond acceptors (Lipinski definition) is 2. The fourth-order valence-electron chi connectivity index (χ4n) is 2.02. The number of urea groups is 1. The van der Waals surface area contributed by atoms with Crippen LogP contribution in [0, 0.1) is 5.92 Å². The van der Waals surface area contributed by atoms with Gasteiger partial charge >= 0.3 is 6.03 Å². The van der Waals surface area contributed by atoms with Crippen LogP contribution in [0.1, 0.15) is 24.8 Å². The summed E-state index contributed by atoms with van der Waals surface area (Å²) in [5, 5.41) is 5.77. The molecule has 0 saturated carbocycles. The van der Waals surface area contributed by atoms with E-state index < -0.39 is 0 Å². The van der Waals surface area contributed by atoms with Gasteiger partial charge in [-0.3, -0.25) is 4.98 Å². The molecule has 0 bridgehead atoms. The highest BCUT2D eigenvalue weighted by molar-refractivity contribution is 5.73. The molecule has 1 aromatic rings. The van der Waals surface area contributed by atoms with Crippen molar-refractivity contribution in [2.24, 2.45) is 5.92 Å². The Morgan fingerprint density at radius 2 is 2.11 bits per heavy atom. The van der Waals surface area contributed by atoms with E-state index >= 15 is 0 Å². The van der Waals surface area contributed by atoms with E-state index in [1.165, 1.54) is 6.42 Å². The lowest BCUT2D eigenvalue weighted by Crippen LogP contribution is -2.38. The molecule has 1 heterocycles. The van der Waals surface area contributed by atoms with Gasteiger partial charge in [0.25, 0.3) is 0 Å². The number of carbonyl (C=O) groups excluding carboxylic acids is 1. The summed E-state index contributed by atoms with van der Waals surface area (Å²) in [5.74, 6) is 0.585. The largest absolute Gasteiger partial charge is 0.338 e. The van der Waals surface area contributed by atoms with Gasteiger partial charge in [-0.1, -0.05) is 12.2 Å². The van der Waals surface area contributed by atoms with Crippen molar-refractivity contribution in [3.05, 3.63) is 42.2 Å². The first-order valence-electron chi connectivity index (χ1n) is 6.40. The molecule has 1 aromatic heterocycles. The minimum absolute atomic E-state index is 0.0960. The molecule has 0 spiro atoms. The van der Waals surface area contributed by atoms with Gasteiger partial charge in [0.1, 0.15) is 0 Å². The van der Waals surface area contributed by atoms with Gasteiger partial charge in [-0.05, 0) is 42.9 Å². The summed E-state index contributed by atoms with van der Waals surface area (Å²) in [4.78, 5) is 15.5. The number of pyridine rings is 1. The molecule has 0 fully saturated rings. The SMILES string of the molecule is O=C(NCc1ccncc1)NC[C@@H]1CC=CCC1.